The number of piperidine rings is 1. The lowest BCUT2D eigenvalue weighted by Crippen LogP contribution is -2.39. The first kappa shape index (κ1) is 10.7. The summed E-state index contributed by atoms with van der Waals surface area (Å²) >= 11 is 5.92. The molecule has 1 aromatic rings. The van der Waals surface area contributed by atoms with Gasteiger partial charge in [0, 0.05) is 24.5 Å². The highest BCUT2D eigenvalue weighted by atomic mass is 35.5. The summed E-state index contributed by atoms with van der Waals surface area (Å²) in [5.41, 5.74) is 1.22. The van der Waals surface area contributed by atoms with Gasteiger partial charge in [0.2, 0.25) is 0 Å². The number of anilines is 1. The summed E-state index contributed by atoms with van der Waals surface area (Å²) in [6.07, 6.45) is 6.94. The van der Waals surface area contributed by atoms with Crippen molar-refractivity contribution in [3.63, 3.8) is 0 Å². The minimum atomic E-state index is 0.591. The van der Waals surface area contributed by atoms with Crippen LogP contribution in [0.25, 0.3) is 0 Å². The maximum atomic E-state index is 5.92. The summed E-state index contributed by atoms with van der Waals surface area (Å²) < 4.78 is 0. The molecule has 2 rings (SSSR count). The minimum Gasteiger partial charge on any atom is -0.368 e. The van der Waals surface area contributed by atoms with Crippen molar-refractivity contribution in [1.29, 1.82) is 0 Å². The Kier molecular flexibility index (Phi) is 3.47. The molecule has 0 aliphatic carbocycles. The van der Waals surface area contributed by atoms with Gasteiger partial charge in [-0.2, -0.15) is 0 Å². The van der Waals surface area contributed by atoms with Crippen LogP contribution < -0.4 is 4.90 Å². The molecule has 0 N–H and O–H groups in total. The maximum absolute atomic E-state index is 5.92. The van der Waals surface area contributed by atoms with Gasteiger partial charge >= 0.3 is 0 Å². The van der Waals surface area contributed by atoms with Gasteiger partial charge in [-0.1, -0.05) is 18.5 Å². The zero-order valence-corrected chi connectivity index (χ0v) is 9.87. The van der Waals surface area contributed by atoms with Gasteiger partial charge < -0.3 is 4.90 Å². The first-order valence-electron chi connectivity index (χ1n) is 5.69. The molecule has 1 saturated heterocycles. The Balaban J connectivity index is 2.20. The van der Waals surface area contributed by atoms with E-state index in [1.807, 2.05) is 6.07 Å². The third-order valence-corrected chi connectivity index (χ3v) is 3.35. The molecule has 0 radical (unpaired) electrons. The van der Waals surface area contributed by atoms with Crippen molar-refractivity contribution >= 4 is 17.3 Å². The van der Waals surface area contributed by atoms with Crippen molar-refractivity contribution in [3.8, 4) is 0 Å². The summed E-state index contributed by atoms with van der Waals surface area (Å²) in [4.78, 5) is 6.49. The summed E-state index contributed by atoms with van der Waals surface area (Å²) in [6.45, 7) is 3.41. The van der Waals surface area contributed by atoms with Gasteiger partial charge in [0.1, 0.15) is 5.15 Å². The van der Waals surface area contributed by atoms with Crippen molar-refractivity contribution in [1.82, 2.24) is 4.98 Å². The molecular formula is C12H17ClN2. The fourth-order valence-corrected chi connectivity index (χ4v) is 2.50. The van der Waals surface area contributed by atoms with Crippen LogP contribution in [0.4, 0.5) is 5.69 Å². The number of aromatic nitrogens is 1. The van der Waals surface area contributed by atoms with Crippen molar-refractivity contribution < 1.29 is 0 Å². The fourth-order valence-electron chi connectivity index (χ4n) is 2.34. The normalized spacial score (nSPS) is 21.7. The van der Waals surface area contributed by atoms with Gasteiger partial charge in [0.25, 0.3) is 0 Å². The Morgan fingerprint density at radius 3 is 3.13 bits per heavy atom. The van der Waals surface area contributed by atoms with Crippen molar-refractivity contribution in [3.05, 3.63) is 23.5 Å². The van der Waals surface area contributed by atoms with E-state index in [1.54, 1.807) is 6.20 Å². The van der Waals surface area contributed by atoms with Crippen molar-refractivity contribution in [2.45, 2.75) is 38.6 Å². The molecule has 1 atom stereocenters. The molecule has 1 aromatic heterocycles. The topological polar surface area (TPSA) is 16.1 Å². The zero-order valence-electron chi connectivity index (χ0n) is 9.12. The second kappa shape index (κ2) is 4.84. The van der Waals surface area contributed by atoms with E-state index in [9.17, 15) is 0 Å². The van der Waals surface area contributed by atoms with Crippen LogP contribution in [0.3, 0.4) is 0 Å². The van der Waals surface area contributed by atoms with E-state index < -0.39 is 0 Å². The highest BCUT2D eigenvalue weighted by molar-refractivity contribution is 6.29. The van der Waals surface area contributed by atoms with Crippen LogP contribution >= 0.6 is 11.6 Å². The Morgan fingerprint density at radius 1 is 1.53 bits per heavy atom. The van der Waals surface area contributed by atoms with E-state index in [2.05, 4.69) is 22.9 Å². The lowest BCUT2D eigenvalue weighted by molar-refractivity contribution is 0.450. The molecule has 1 aliphatic heterocycles. The van der Waals surface area contributed by atoms with E-state index in [-0.39, 0.29) is 0 Å². The molecule has 3 heteroatoms. The summed E-state index contributed by atoms with van der Waals surface area (Å²) in [7, 11) is 0. The molecule has 15 heavy (non-hydrogen) atoms. The standard InChI is InChI=1S/C12H17ClN2/c1-2-10-5-3-4-8-15(10)11-6-7-14-12(13)9-11/h6-7,9-10H,2-5,8H2,1H3/t10-/m0/s1. The summed E-state index contributed by atoms with van der Waals surface area (Å²) in [5, 5.41) is 0.591. The highest BCUT2D eigenvalue weighted by Crippen LogP contribution is 2.27. The fraction of sp³-hybridized carbons (Fsp3) is 0.583. The van der Waals surface area contributed by atoms with Crippen LogP contribution in [0.15, 0.2) is 18.3 Å². The molecule has 82 valence electrons. The lowest BCUT2D eigenvalue weighted by Gasteiger charge is -2.37. The average Bonchev–Trinajstić information content (AvgIpc) is 2.29. The van der Waals surface area contributed by atoms with E-state index in [4.69, 9.17) is 11.6 Å². The van der Waals surface area contributed by atoms with Gasteiger partial charge in [0.05, 0.1) is 0 Å². The van der Waals surface area contributed by atoms with Gasteiger partial charge in [-0.25, -0.2) is 4.98 Å². The van der Waals surface area contributed by atoms with E-state index in [0.29, 0.717) is 11.2 Å². The number of halogens is 1. The summed E-state index contributed by atoms with van der Waals surface area (Å²) in [6, 6.07) is 4.70. The molecule has 1 fully saturated rings. The average molecular weight is 225 g/mol. The number of pyridine rings is 1. The van der Waals surface area contributed by atoms with E-state index in [1.165, 1.54) is 31.4 Å². The monoisotopic (exact) mass is 224 g/mol. The smallest absolute Gasteiger partial charge is 0.131 e. The number of hydrogen-bond donors (Lipinski definition) is 0. The van der Waals surface area contributed by atoms with Gasteiger partial charge in [-0.3, -0.25) is 0 Å². The zero-order chi connectivity index (χ0) is 10.7. The second-order valence-corrected chi connectivity index (χ2v) is 4.48. The third-order valence-electron chi connectivity index (χ3n) is 3.14. The predicted octanol–water partition coefficient (Wildman–Crippen LogP) is 3.50. The number of hydrogen-bond acceptors (Lipinski definition) is 2. The highest BCUT2D eigenvalue weighted by Gasteiger charge is 2.20. The van der Waals surface area contributed by atoms with Gasteiger partial charge in [0.15, 0.2) is 0 Å². The summed E-state index contributed by atoms with van der Waals surface area (Å²) in [5.74, 6) is 0. The molecule has 2 nitrogen and oxygen atoms in total. The SMILES string of the molecule is CC[C@H]1CCCCN1c1ccnc(Cl)c1. The number of rotatable bonds is 2. The van der Waals surface area contributed by atoms with Crippen LogP contribution in [-0.2, 0) is 0 Å². The van der Waals surface area contributed by atoms with Gasteiger partial charge in [-0.15, -0.1) is 0 Å². The van der Waals surface area contributed by atoms with Gasteiger partial charge in [-0.05, 0) is 37.8 Å². The molecule has 0 saturated carbocycles. The molecule has 0 spiro atoms. The molecule has 2 heterocycles. The third kappa shape index (κ3) is 2.43. The molecule has 0 amide bonds. The Hall–Kier alpha value is -0.760. The van der Waals surface area contributed by atoms with E-state index >= 15 is 0 Å². The second-order valence-electron chi connectivity index (χ2n) is 4.09. The van der Waals surface area contributed by atoms with Crippen LogP contribution in [0.1, 0.15) is 32.6 Å². The van der Waals surface area contributed by atoms with Crippen LogP contribution in [0, 0.1) is 0 Å². The largest absolute Gasteiger partial charge is 0.368 e. The predicted molar refractivity (Wildman–Crippen MR) is 64.5 cm³/mol. The van der Waals surface area contributed by atoms with Crippen LogP contribution in [0.2, 0.25) is 5.15 Å². The first-order chi connectivity index (χ1) is 7.31. The van der Waals surface area contributed by atoms with Crippen LogP contribution in [-0.4, -0.2) is 17.6 Å². The maximum Gasteiger partial charge on any atom is 0.131 e. The number of nitrogens with zero attached hydrogens (tertiary/aromatic N) is 2. The van der Waals surface area contributed by atoms with E-state index in [0.717, 1.165) is 6.54 Å². The molecule has 0 unspecified atom stereocenters. The quantitative estimate of drug-likeness (QED) is 0.715. The first-order valence-corrected chi connectivity index (χ1v) is 6.07. The Labute approximate surface area is 96.3 Å². The lowest BCUT2D eigenvalue weighted by atomic mass is 9.99. The van der Waals surface area contributed by atoms with Crippen molar-refractivity contribution in [2.24, 2.45) is 0 Å². The molecule has 0 bridgehead atoms. The molecule has 1 aliphatic rings. The minimum absolute atomic E-state index is 0.591. The Morgan fingerprint density at radius 2 is 2.40 bits per heavy atom. The Bertz CT molecular complexity index is 327. The van der Waals surface area contributed by atoms with Crippen molar-refractivity contribution in [2.75, 3.05) is 11.4 Å². The molecular weight excluding hydrogens is 208 g/mol. The van der Waals surface area contributed by atoms with Crippen LogP contribution in [0.5, 0.6) is 0 Å². The molecule has 0 aromatic carbocycles.